The summed E-state index contributed by atoms with van der Waals surface area (Å²) in [6, 6.07) is 3.06. The van der Waals surface area contributed by atoms with Gasteiger partial charge in [0.1, 0.15) is 5.71 Å². The van der Waals surface area contributed by atoms with Gasteiger partial charge in [0.2, 0.25) is 0 Å². The summed E-state index contributed by atoms with van der Waals surface area (Å²) in [5.41, 5.74) is -3.41. The fourth-order valence-corrected chi connectivity index (χ4v) is 2.80. The van der Waals surface area contributed by atoms with E-state index in [1.807, 2.05) is 0 Å². The van der Waals surface area contributed by atoms with E-state index in [0.717, 1.165) is 6.07 Å². The van der Waals surface area contributed by atoms with Gasteiger partial charge in [0.15, 0.2) is 0 Å². The maximum atomic E-state index is 13.2. The van der Waals surface area contributed by atoms with Crippen LogP contribution in [0.5, 0.6) is 0 Å². The number of aliphatic hydroxyl groups is 1. The predicted molar refractivity (Wildman–Crippen MR) is 82.7 cm³/mol. The second-order valence-electron chi connectivity index (χ2n) is 5.87. The van der Waals surface area contributed by atoms with Crippen molar-refractivity contribution in [3.05, 3.63) is 29.3 Å². The molecule has 26 heavy (non-hydrogen) atoms. The molecule has 2 N–H and O–H groups in total. The first-order chi connectivity index (χ1) is 12.1. The van der Waals surface area contributed by atoms with Crippen LogP contribution in [0, 0.1) is 0 Å². The largest absolute Gasteiger partial charge is 0.429 e. The van der Waals surface area contributed by atoms with E-state index in [1.165, 1.54) is 13.2 Å². The number of hydrogen-bond donors (Lipinski definition) is 2. The molecular weight excluding hydrogens is 366 g/mol. The van der Waals surface area contributed by atoms with Gasteiger partial charge < -0.3 is 15.2 Å². The Bertz CT molecular complexity index is 657. The van der Waals surface area contributed by atoms with Crippen LogP contribution in [0.3, 0.4) is 0 Å². The zero-order chi connectivity index (χ0) is 19.5. The first kappa shape index (κ1) is 20.7. The Hall–Kier alpha value is -1.65. The minimum absolute atomic E-state index is 0.0473. The lowest BCUT2D eigenvalue weighted by atomic mass is 9.83. The SMILES string of the molecule is COCCNCC(O)C1CC(C(F)(F)F)=Nc2c1cccc2C(F)(F)F. The molecule has 1 aromatic carbocycles. The summed E-state index contributed by atoms with van der Waals surface area (Å²) < 4.78 is 83.7. The van der Waals surface area contributed by atoms with Crippen LogP contribution >= 0.6 is 0 Å². The number of alkyl halides is 6. The Labute approximate surface area is 145 Å². The minimum Gasteiger partial charge on any atom is -0.391 e. The number of ether oxygens (including phenoxy) is 1. The maximum absolute atomic E-state index is 13.2. The van der Waals surface area contributed by atoms with Crippen molar-refractivity contribution in [1.29, 1.82) is 0 Å². The molecule has 0 aromatic heterocycles. The van der Waals surface area contributed by atoms with Crippen LogP contribution < -0.4 is 5.32 Å². The van der Waals surface area contributed by atoms with Gasteiger partial charge in [0.25, 0.3) is 0 Å². The molecule has 0 aliphatic carbocycles. The average Bonchev–Trinajstić information content (AvgIpc) is 2.55. The normalized spacial score (nSPS) is 19.1. The van der Waals surface area contributed by atoms with Crippen molar-refractivity contribution in [2.75, 3.05) is 26.8 Å². The Morgan fingerprint density at radius 2 is 1.92 bits per heavy atom. The third kappa shape index (κ3) is 4.74. The highest BCUT2D eigenvalue weighted by atomic mass is 19.4. The third-order valence-corrected chi connectivity index (χ3v) is 4.06. The lowest BCUT2D eigenvalue weighted by molar-refractivity contribution is -0.137. The van der Waals surface area contributed by atoms with Crippen molar-refractivity contribution in [3.8, 4) is 0 Å². The quantitative estimate of drug-likeness (QED) is 0.584. The lowest BCUT2D eigenvalue weighted by Gasteiger charge is -2.31. The van der Waals surface area contributed by atoms with Crippen LogP contribution in [0.1, 0.15) is 23.5 Å². The molecular formula is C16H18F6N2O2. The van der Waals surface area contributed by atoms with Gasteiger partial charge in [0.05, 0.1) is 24.0 Å². The smallest absolute Gasteiger partial charge is 0.391 e. The number of nitrogens with one attached hydrogen (secondary N) is 1. The van der Waals surface area contributed by atoms with E-state index < -0.39 is 47.8 Å². The molecule has 0 saturated heterocycles. The standard InChI is InChI=1S/C16H18F6N2O2/c1-26-6-5-23-8-12(25)10-7-13(16(20,21)22)24-14-9(10)3-2-4-11(14)15(17,18)19/h2-4,10,12,23,25H,5-8H2,1H3. The minimum atomic E-state index is -4.88. The number of rotatable bonds is 6. The van der Waals surface area contributed by atoms with Gasteiger partial charge in [-0.2, -0.15) is 26.3 Å². The van der Waals surface area contributed by atoms with E-state index in [2.05, 4.69) is 10.3 Å². The van der Waals surface area contributed by atoms with Gasteiger partial charge in [0, 0.05) is 32.5 Å². The van der Waals surface area contributed by atoms with Gasteiger partial charge >= 0.3 is 12.4 Å². The summed E-state index contributed by atoms with van der Waals surface area (Å²) in [5.74, 6) is -1.16. The van der Waals surface area contributed by atoms with Crippen molar-refractivity contribution in [2.45, 2.75) is 30.8 Å². The molecule has 146 valence electrons. The molecule has 0 fully saturated rings. The summed E-state index contributed by atoms with van der Waals surface area (Å²) in [4.78, 5) is 3.25. The van der Waals surface area contributed by atoms with Crippen molar-refractivity contribution in [2.24, 2.45) is 4.99 Å². The predicted octanol–water partition coefficient (Wildman–Crippen LogP) is 3.42. The highest BCUT2D eigenvalue weighted by Crippen LogP contribution is 2.46. The Morgan fingerprint density at radius 3 is 2.50 bits per heavy atom. The van der Waals surface area contributed by atoms with Gasteiger partial charge in [-0.05, 0) is 11.6 Å². The molecule has 0 amide bonds. The fraction of sp³-hybridized carbons (Fsp3) is 0.562. The molecule has 0 spiro atoms. The van der Waals surface area contributed by atoms with Crippen molar-refractivity contribution in [1.82, 2.24) is 5.32 Å². The van der Waals surface area contributed by atoms with Crippen molar-refractivity contribution >= 4 is 11.4 Å². The number of halogens is 6. The van der Waals surface area contributed by atoms with E-state index in [4.69, 9.17) is 4.74 Å². The van der Waals surface area contributed by atoms with E-state index in [0.29, 0.717) is 19.2 Å². The molecule has 4 nitrogen and oxygen atoms in total. The van der Waals surface area contributed by atoms with Crippen LogP contribution in [0.2, 0.25) is 0 Å². The molecule has 0 bridgehead atoms. The maximum Gasteiger partial charge on any atom is 0.429 e. The Balaban J connectivity index is 2.40. The zero-order valence-corrected chi connectivity index (χ0v) is 13.8. The van der Waals surface area contributed by atoms with Gasteiger partial charge in [-0.3, -0.25) is 0 Å². The van der Waals surface area contributed by atoms with Crippen LogP contribution in [0.15, 0.2) is 23.2 Å². The molecule has 1 aliphatic rings. The molecule has 1 aliphatic heterocycles. The molecule has 2 unspecified atom stereocenters. The monoisotopic (exact) mass is 384 g/mol. The molecule has 1 aromatic rings. The average molecular weight is 384 g/mol. The Morgan fingerprint density at radius 1 is 1.23 bits per heavy atom. The summed E-state index contributed by atoms with van der Waals surface area (Å²) in [7, 11) is 1.46. The molecule has 2 atom stereocenters. The first-order valence-electron chi connectivity index (χ1n) is 7.78. The number of aliphatic hydroxyl groups excluding tert-OH is 1. The highest BCUT2D eigenvalue weighted by Gasteiger charge is 2.44. The van der Waals surface area contributed by atoms with E-state index in [9.17, 15) is 31.4 Å². The summed E-state index contributed by atoms with van der Waals surface area (Å²) >= 11 is 0. The number of para-hydroxylation sites is 1. The van der Waals surface area contributed by atoms with Gasteiger partial charge in [-0.1, -0.05) is 12.1 Å². The van der Waals surface area contributed by atoms with E-state index in [1.54, 1.807) is 0 Å². The Kier molecular flexibility index (Phi) is 6.30. The number of nitrogens with zero attached hydrogens (tertiary/aromatic N) is 1. The first-order valence-corrected chi connectivity index (χ1v) is 7.78. The summed E-state index contributed by atoms with van der Waals surface area (Å²) in [6.07, 6.45) is -11.7. The third-order valence-electron chi connectivity index (χ3n) is 4.06. The molecule has 2 rings (SSSR count). The van der Waals surface area contributed by atoms with E-state index >= 15 is 0 Å². The molecule has 0 radical (unpaired) electrons. The van der Waals surface area contributed by atoms with E-state index in [-0.39, 0.29) is 12.1 Å². The second-order valence-corrected chi connectivity index (χ2v) is 5.87. The topological polar surface area (TPSA) is 53.8 Å². The molecule has 1 heterocycles. The number of fused-ring (bicyclic) bond motifs is 1. The second kappa shape index (κ2) is 7.93. The van der Waals surface area contributed by atoms with Gasteiger partial charge in [-0.15, -0.1) is 0 Å². The highest BCUT2D eigenvalue weighted by molar-refractivity contribution is 5.95. The van der Waals surface area contributed by atoms with Crippen LogP contribution in [-0.2, 0) is 10.9 Å². The van der Waals surface area contributed by atoms with Crippen LogP contribution in [0.25, 0.3) is 0 Å². The van der Waals surface area contributed by atoms with Crippen molar-refractivity contribution < 1.29 is 36.2 Å². The number of aliphatic imine (C=N–C) groups is 1. The number of methoxy groups -OCH3 is 1. The molecule has 10 heteroatoms. The van der Waals surface area contributed by atoms with Crippen LogP contribution in [-0.4, -0.2) is 49.9 Å². The van der Waals surface area contributed by atoms with Crippen molar-refractivity contribution in [3.63, 3.8) is 0 Å². The number of hydrogen-bond acceptors (Lipinski definition) is 4. The zero-order valence-electron chi connectivity index (χ0n) is 13.8. The van der Waals surface area contributed by atoms with Crippen LogP contribution in [0.4, 0.5) is 32.0 Å². The summed E-state index contributed by atoms with van der Waals surface area (Å²) in [6.45, 7) is 0.576. The van der Waals surface area contributed by atoms with Gasteiger partial charge in [-0.25, -0.2) is 4.99 Å². The lowest BCUT2D eigenvalue weighted by Crippen LogP contribution is -2.37. The number of benzene rings is 1. The summed E-state index contributed by atoms with van der Waals surface area (Å²) in [5, 5.41) is 13.1. The molecule has 0 saturated carbocycles. The fourth-order valence-electron chi connectivity index (χ4n) is 2.80.